The van der Waals surface area contributed by atoms with Crippen molar-refractivity contribution in [2.24, 2.45) is 0 Å². The molecule has 0 aliphatic heterocycles. The quantitative estimate of drug-likeness (QED) is 0.827. The van der Waals surface area contributed by atoms with Crippen LogP contribution in [0, 0.1) is 17.1 Å². The van der Waals surface area contributed by atoms with Gasteiger partial charge in [0.2, 0.25) is 0 Å². The zero-order chi connectivity index (χ0) is 11.4. The lowest BCUT2D eigenvalue weighted by Crippen LogP contribution is -1.93. The number of rotatable bonds is 2. The summed E-state index contributed by atoms with van der Waals surface area (Å²) in [5, 5.41) is 11.5. The fraction of sp³-hybridized carbons (Fsp3) is 0. The Hall–Kier alpha value is -2.34. The number of hydrogen-bond donors (Lipinski definition) is 1. The minimum Gasteiger partial charge on any atom is -0.353 e. The maximum atomic E-state index is 13.5. The molecule has 0 aliphatic carbocycles. The molecular weight excluding hydrogens is 203 g/mol. The summed E-state index contributed by atoms with van der Waals surface area (Å²) >= 11 is 0. The Morgan fingerprint density at radius 1 is 1.06 bits per heavy atom. The average Bonchev–Trinajstić information content (AvgIpc) is 2.33. The highest BCUT2D eigenvalue weighted by Crippen LogP contribution is 2.20. The summed E-state index contributed by atoms with van der Waals surface area (Å²) in [7, 11) is 0. The van der Waals surface area contributed by atoms with Gasteiger partial charge in [0.1, 0.15) is 5.82 Å². The summed E-state index contributed by atoms with van der Waals surface area (Å²) < 4.78 is 13.5. The first kappa shape index (κ1) is 10.2. The Kier molecular flexibility index (Phi) is 2.84. The number of halogens is 1. The van der Waals surface area contributed by atoms with Crippen molar-refractivity contribution in [2.45, 2.75) is 0 Å². The van der Waals surface area contributed by atoms with E-state index in [-0.39, 0.29) is 0 Å². The Morgan fingerprint density at radius 3 is 2.44 bits per heavy atom. The van der Waals surface area contributed by atoms with Gasteiger partial charge in [-0.25, -0.2) is 4.39 Å². The Bertz CT molecular complexity index is 529. The van der Waals surface area contributed by atoms with Gasteiger partial charge in [0.15, 0.2) is 0 Å². The molecule has 1 N–H and O–H groups in total. The van der Waals surface area contributed by atoms with Crippen molar-refractivity contribution in [1.82, 2.24) is 0 Å². The van der Waals surface area contributed by atoms with E-state index in [1.165, 1.54) is 6.07 Å². The first-order valence-electron chi connectivity index (χ1n) is 4.81. The van der Waals surface area contributed by atoms with Crippen LogP contribution in [0.15, 0.2) is 48.5 Å². The van der Waals surface area contributed by atoms with E-state index in [1.807, 2.05) is 36.4 Å². The fourth-order valence-corrected chi connectivity index (χ4v) is 1.36. The van der Waals surface area contributed by atoms with Crippen LogP contribution in [0.4, 0.5) is 15.8 Å². The van der Waals surface area contributed by atoms with Gasteiger partial charge in [0.05, 0.1) is 17.3 Å². The lowest BCUT2D eigenvalue weighted by molar-refractivity contribution is 0.631. The number of anilines is 2. The third-order valence-electron chi connectivity index (χ3n) is 2.15. The van der Waals surface area contributed by atoms with Crippen LogP contribution in [-0.4, -0.2) is 0 Å². The van der Waals surface area contributed by atoms with Crippen LogP contribution in [0.25, 0.3) is 0 Å². The SMILES string of the molecule is N#Cc1ccc(Nc2ccccc2)c(F)c1. The van der Waals surface area contributed by atoms with Crippen molar-refractivity contribution in [2.75, 3.05) is 5.32 Å². The van der Waals surface area contributed by atoms with E-state index in [0.29, 0.717) is 11.3 Å². The molecule has 0 atom stereocenters. The molecule has 0 bridgehead atoms. The van der Waals surface area contributed by atoms with Gasteiger partial charge in [-0.3, -0.25) is 0 Å². The molecule has 3 heteroatoms. The lowest BCUT2D eigenvalue weighted by Gasteiger charge is -2.07. The first-order valence-corrected chi connectivity index (χ1v) is 4.81. The zero-order valence-electron chi connectivity index (χ0n) is 8.44. The van der Waals surface area contributed by atoms with Crippen molar-refractivity contribution in [3.63, 3.8) is 0 Å². The van der Waals surface area contributed by atoms with Gasteiger partial charge in [-0.1, -0.05) is 18.2 Å². The van der Waals surface area contributed by atoms with Gasteiger partial charge in [-0.15, -0.1) is 0 Å². The standard InChI is InChI=1S/C13H9FN2/c14-12-8-10(9-15)6-7-13(12)16-11-4-2-1-3-5-11/h1-8,16H. The van der Waals surface area contributed by atoms with Crippen molar-refractivity contribution in [1.29, 1.82) is 5.26 Å². The van der Waals surface area contributed by atoms with Crippen LogP contribution in [0.5, 0.6) is 0 Å². The highest BCUT2D eigenvalue weighted by Gasteiger charge is 2.03. The van der Waals surface area contributed by atoms with Crippen molar-refractivity contribution in [3.05, 3.63) is 59.9 Å². The molecule has 0 spiro atoms. The second kappa shape index (κ2) is 4.45. The monoisotopic (exact) mass is 212 g/mol. The summed E-state index contributed by atoms with van der Waals surface area (Å²) in [6.07, 6.45) is 0. The summed E-state index contributed by atoms with van der Waals surface area (Å²) in [5.74, 6) is -0.428. The van der Waals surface area contributed by atoms with Gasteiger partial charge in [-0.05, 0) is 30.3 Å². The molecule has 0 saturated carbocycles. The molecule has 2 aromatic carbocycles. The predicted molar refractivity (Wildman–Crippen MR) is 60.8 cm³/mol. The molecule has 0 fully saturated rings. The van der Waals surface area contributed by atoms with Crippen molar-refractivity contribution >= 4 is 11.4 Å². The van der Waals surface area contributed by atoms with Crippen LogP contribution in [-0.2, 0) is 0 Å². The summed E-state index contributed by atoms with van der Waals surface area (Å²) in [6, 6.07) is 15.5. The third kappa shape index (κ3) is 2.18. The summed E-state index contributed by atoms with van der Waals surface area (Å²) in [5.41, 5.74) is 1.49. The molecule has 78 valence electrons. The van der Waals surface area contributed by atoms with Crippen LogP contribution in [0.3, 0.4) is 0 Å². The second-order valence-corrected chi connectivity index (χ2v) is 3.30. The van der Waals surface area contributed by atoms with E-state index in [9.17, 15) is 4.39 Å². The summed E-state index contributed by atoms with van der Waals surface area (Å²) in [4.78, 5) is 0. The number of benzene rings is 2. The first-order chi connectivity index (χ1) is 7.79. The van der Waals surface area contributed by atoms with Crippen LogP contribution < -0.4 is 5.32 Å². The average molecular weight is 212 g/mol. The molecule has 16 heavy (non-hydrogen) atoms. The second-order valence-electron chi connectivity index (χ2n) is 3.30. The van der Waals surface area contributed by atoms with E-state index in [2.05, 4.69) is 5.32 Å². The minimum absolute atomic E-state index is 0.316. The topological polar surface area (TPSA) is 35.8 Å². The fourth-order valence-electron chi connectivity index (χ4n) is 1.36. The van der Waals surface area contributed by atoms with Gasteiger partial charge >= 0.3 is 0 Å². The molecule has 2 nitrogen and oxygen atoms in total. The molecule has 0 unspecified atom stereocenters. The van der Waals surface area contributed by atoms with Gasteiger partial charge in [-0.2, -0.15) is 5.26 Å². The molecule has 0 amide bonds. The van der Waals surface area contributed by atoms with E-state index in [1.54, 1.807) is 12.1 Å². The molecule has 0 saturated heterocycles. The van der Waals surface area contributed by atoms with E-state index in [0.717, 1.165) is 5.69 Å². The normalized spacial score (nSPS) is 9.50. The Morgan fingerprint density at radius 2 is 1.81 bits per heavy atom. The lowest BCUT2D eigenvalue weighted by atomic mass is 10.2. The minimum atomic E-state index is -0.428. The highest BCUT2D eigenvalue weighted by atomic mass is 19.1. The van der Waals surface area contributed by atoms with E-state index in [4.69, 9.17) is 5.26 Å². The molecule has 0 heterocycles. The zero-order valence-corrected chi connectivity index (χ0v) is 8.44. The van der Waals surface area contributed by atoms with E-state index < -0.39 is 5.82 Å². The molecule has 2 aromatic rings. The maximum absolute atomic E-state index is 13.5. The van der Waals surface area contributed by atoms with Crippen LogP contribution in [0.2, 0.25) is 0 Å². The molecule has 0 aromatic heterocycles. The van der Waals surface area contributed by atoms with Gasteiger partial charge in [0, 0.05) is 5.69 Å². The van der Waals surface area contributed by atoms with Gasteiger partial charge in [0.25, 0.3) is 0 Å². The third-order valence-corrected chi connectivity index (χ3v) is 2.15. The largest absolute Gasteiger partial charge is 0.353 e. The highest BCUT2D eigenvalue weighted by molar-refractivity contribution is 5.60. The molecular formula is C13H9FN2. The van der Waals surface area contributed by atoms with Crippen molar-refractivity contribution < 1.29 is 4.39 Å². The molecule has 0 radical (unpaired) electrons. The Labute approximate surface area is 93.0 Å². The number of nitrogens with one attached hydrogen (secondary N) is 1. The van der Waals surface area contributed by atoms with E-state index >= 15 is 0 Å². The number of nitrogens with zero attached hydrogens (tertiary/aromatic N) is 1. The van der Waals surface area contributed by atoms with Crippen LogP contribution >= 0.6 is 0 Å². The number of hydrogen-bond acceptors (Lipinski definition) is 2. The smallest absolute Gasteiger partial charge is 0.147 e. The van der Waals surface area contributed by atoms with Crippen molar-refractivity contribution in [3.8, 4) is 6.07 Å². The maximum Gasteiger partial charge on any atom is 0.147 e. The summed E-state index contributed by atoms with van der Waals surface area (Å²) in [6.45, 7) is 0. The number of para-hydroxylation sites is 1. The van der Waals surface area contributed by atoms with Gasteiger partial charge < -0.3 is 5.32 Å². The number of nitriles is 1. The molecule has 2 rings (SSSR count). The Balaban J connectivity index is 2.27. The van der Waals surface area contributed by atoms with Crippen LogP contribution in [0.1, 0.15) is 5.56 Å². The predicted octanol–water partition coefficient (Wildman–Crippen LogP) is 3.44. The molecule has 0 aliphatic rings.